The molecule has 0 amide bonds. The van der Waals surface area contributed by atoms with Gasteiger partial charge < -0.3 is 23.4 Å². The van der Waals surface area contributed by atoms with E-state index in [0.717, 1.165) is 0 Å². The minimum Gasteiger partial charge on any atom is -0.496 e. The highest BCUT2D eigenvalue weighted by Gasteiger charge is 2.39. The number of methoxy groups -OCH3 is 2. The van der Waals surface area contributed by atoms with Gasteiger partial charge in [0.2, 0.25) is 0 Å². The lowest BCUT2D eigenvalue weighted by Crippen LogP contribution is -2.18. The molecular weight excluding hydrogens is 368 g/mol. The molecular formula is C20H20O8. The third-order valence-electron chi connectivity index (χ3n) is 4.35. The van der Waals surface area contributed by atoms with E-state index in [0.29, 0.717) is 22.8 Å². The molecule has 8 nitrogen and oxygen atoms in total. The molecule has 3 rings (SSSR count). The van der Waals surface area contributed by atoms with Gasteiger partial charge in [0.15, 0.2) is 11.5 Å². The van der Waals surface area contributed by atoms with Crippen molar-refractivity contribution in [3.8, 4) is 11.5 Å². The Hall–Kier alpha value is -3.29. The number of hydrogen-bond donors (Lipinski definition) is 0. The maximum Gasteiger partial charge on any atom is 0.343 e. The highest BCUT2D eigenvalue weighted by Crippen LogP contribution is 2.44. The number of benzene rings is 1. The first-order chi connectivity index (χ1) is 13.3. The van der Waals surface area contributed by atoms with E-state index in [9.17, 15) is 14.4 Å². The number of carbonyl (C=O) groups is 2. The monoisotopic (exact) mass is 388 g/mol. The highest BCUT2D eigenvalue weighted by atomic mass is 16.6. The summed E-state index contributed by atoms with van der Waals surface area (Å²) in [6, 6.07) is 4.54. The molecule has 2 heterocycles. The molecule has 0 bridgehead atoms. The number of fused-ring (bicyclic) bond motifs is 1. The molecule has 28 heavy (non-hydrogen) atoms. The predicted octanol–water partition coefficient (Wildman–Crippen LogP) is 2.41. The van der Waals surface area contributed by atoms with Crippen LogP contribution < -0.4 is 14.9 Å². The zero-order valence-electron chi connectivity index (χ0n) is 15.9. The van der Waals surface area contributed by atoms with Crippen molar-refractivity contribution in [1.29, 1.82) is 0 Å². The highest BCUT2D eigenvalue weighted by molar-refractivity contribution is 5.98. The normalized spacial score (nSPS) is 16.1. The summed E-state index contributed by atoms with van der Waals surface area (Å²) < 4.78 is 26.6. The van der Waals surface area contributed by atoms with E-state index < -0.39 is 24.1 Å². The number of rotatable bonds is 6. The van der Waals surface area contributed by atoms with E-state index >= 15 is 0 Å². The van der Waals surface area contributed by atoms with Gasteiger partial charge in [0, 0.05) is 19.4 Å². The van der Waals surface area contributed by atoms with Gasteiger partial charge in [0.05, 0.1) is 25.3 Å². The number of esters is 2. The zero-order valence-corrected chi connectivity index (χ0v) is 15.9. The van der Waals surface area contributed by atoms with Crippen molar-refractivity contribution in [2.45, 2.75) is 32.5 Å². The first-order valence-electron chi connectivity index (χ1n) is 8.60. The molecule has 1 aromatic carbocycles. The molecule has 1 aromatic heterocycles. The predicted molar refractivity (Wildman–Crippen MR) is 96.7 cm³/mol. The van der Waals surface area contributed by atoms with Gasteiger partial charge in [-0.3, -0.25) is 9.59 Å². The van der Waals surface area contributed by atoms with E-state index in [1.807, 2.05) is 0 Å². The van der Waals surface area contributed by atoms with E-state index in [-0.39, 0.29) is 23.0 Å². The molecule has 0 aliphatic carbocycles. The molecule has 0 radical (unpaired) electrons. The van der Waals surface area contributed by atoms with Crippen molar-refractivity contribution >= 4 is 11.9 Å². The number of carbonyl (C=O) groups excluding carboxylic acids is 2. The molecule has 148 valence electrons. The molecule has 2 aromatic rings. The van der Waals surface area contributed by atoms with E-state index in [4.69, 9.17) is 23.4 Å². The Bertz CT molecular complexity index is 975. The summed E-state index contributed by atoms with van der Waals surface area (Å²) in [7, 11) is 2.90. The smallest absolute Gasteiger partial charge is 0.343 e. The summed E-state index contributed by atoms with van der Waals surface area (Å²) in [5.74, 6) is 0.0625. The van der Waals surface area contributed by atoms with Crippen LogP contribution in [0.3, 0.4) is 0 Å². The second-order valence-electron chi connectivity index (χ2n) is 6.33. The van der Waals surface area contributed by atoms with Crippen LogP contribution in [0.5, 0.6) is 11.5 Å². The standard InChI is InChI=1S/C20H20O8/c1-10(27-11(2)21)7-12-8-14(22)13(9-26-12)19-17-15(24-3)5-6-16(25-4)18(17)20(23)28-19/h5-6,8-10,19H,7H2,1-4H3. The molecule has 0 spiro atoms. The van der Waals surface area contributed by atoms with Gasteiger partial charge in [-0.2, -0.15) is 0 Å². The van der Waals surface area contributed by atoms with Gasteiger partial charge in [0.1, 0.15) is 35.2 Å². The molecule has 1 aliphatic heterocycles. The summed E-state index contributed by atoms with van der Waals surface area (Å²) in [5.41, 5.74) is 0.424. The van der Waals surface area contributed by atoms with Crippen LogP contribution in [-0.4, -0.2) is 32.3 Å². The van der Waals surface area contributed by atoms with Crippen LogP contribution in [0.25, 0.3) is 0 Å². The number of ether oxygens (including phenoxy) is 4. The van der Waals surface area contributed by atoms with Crippen LogP contribution in [0, 0.1) is 0 Å². The van der Waals surface area contributed by atoms with Crippen LogP contribution in [-0.2, 0) is 20.7 Å². The van der Waals surface area contributed by atoms with Gasteiger partial charge in [-0.1, -0.05) is 0 Å². The summed E-state index contributed by atoms with van der Waals surface area (Å²) in [4.78, 5) is 36.1. The van der Waals surface area contributed by atoms with Gasteiger partial charge in [-0.15, -0.1) is 0 Å². The average Bonchev–Trinajstić information content (AvgIpc) is 2.98. The average molecular weight is 388 g/mol. The topological polar surface area (TPSA) is 101 Å². The van der Waals surface area contributed by atoms with E-state index in [1.54, 1.807) is 19.1 Å². The zero-order chi connectivity index (χ0) is 20.4. The minimum atomic E-state index is -0.969. The van der Waals surface area contributed by atoms with Crippen molar-refractivity contribution in [2.24, 2.45) is 0 Å². The van der Waals surface area contributed by atoms with Crippen LogP contribution in [0.2, 0.25) is 0 Å². The Kier molecular flexibility index (Phi) is 5.39. The second-order valence-corrected chi connectivity index (χ2v) is 6.33. The summed E-state index contributed by atoms with van der Waals surface area (Å²) >= 11 is 0. The van der Waals surface area contributed by atoms with Crippen LogP contribution in [0.15, 0.2) is 33.7 Å². The molecule has 8 heteroatoms. The molecule has 0 saturated carbocycles. The van der Waals surface area contributed by atoms with Crippen LogP contribution in [0.4, 0.5) is 0 Å². The van der Waals surface area contributed by atoms with Crippen molar-refractivity contribution in [3.63, 3.8) is 0 Å². The van der Waals surface area contributed by atoms with Crippen molar-refractivity contribution in [3.05, 3.63) is 57.1 Å². The Labute approximate surface area is 161 Å². The van der Waals surface area contributed by atoms with E-state index in [2.05, 4.69) is 0 Å². The Balaban J connectivity index is 1.97. The van der Waals surface area contributed by atoms with Crippen molar-refractivity contribution < 1.29 is 33.0 Å². The third-order valence-corrected chi connectivity index (χ3v) is 4.35. The fraction of sp³-hybridized carbons (Fsp3) is 0.350. The summed E-state index contributed by atoms with van der Waals surface area (Å²) in [5, 5.41) is 0. The Morgan fingerprint density at radius 2 is 1.86 bits per heavy atom. The molecule has 0 fully saturated rings. The quantitative estimate of drug-likeness (QED) is 0.696. The van der Waals surface area contributed by atoms with Crippen LogP contribution >= 0.6 is 0 Å². The fourth-order valence-corrected chi connectivity index (χ4v) is 3.21. The van der Waals surface area contributed by atoms with Gasteiger partial charge >= 0.3 is 11.9 Å². The molecule has 2 atom stereocenters. The van der Waals surface area contributed by atoms with Crippen molar-refractivity contribution in [2.75, 3.05) is 14.2 Å². The minimum absolute atomic E-state index is 0.155. The lowest BCUT2D eigenvalue weighted by Gasteiger charge is -2.15. The Morgan fingerprint density at radius 1 is 1.18 bits per heavy atom. The first kappa shape index (κ1) is 19.5. The fourth-order valence-electron chi connectivity index (χ4n) is 3.21. The van der Waals surface area contributed by atoms with Gasteiger partial charge in [0.25, 0.3) is 0 Å². The van der Waals surface area contributed by atoms with Crippen LogP contribution in [0.1, 0.15) is 47.2 Å². The van der Waals surface area contributed by atoms with Crippen molar-refractivity contribution in [1.82, 2.24) is 0 Å². The molecule has 0 N–H and O–H groups in total. The number of hydrogen-bond acceptors (Lipinski definition) is 8. The Morgan fingerprint density at radius 3 is 2.46 bits per heavy atom. The maximum absolute atomic E-state index is 12.7. The molecule has 0 saturated heterocycles. The first-order valence-corrected chi connectivity index (χ1v) is 8.60. The third kappa shape index (κ3) is 3.58. The lowest BCUT2D eigenvalue weighted by molar-refractivity contribution is -0.145. The maximum atomic E-state index is 12.7. The lowest BCUT2D eigenvalue weighted by atomic mass is 9.98. The summed E-state index contributed by atoms with van der Waals surface area (Å²) in [6.45, 7) is 3.00. The second kappa shape index (κ2) is 7.75. The molecule has 2 unspecified atom stereocenters. The summed E-state index contributed by atoms with van der Waals surface area (Å²) in [6.07, 6.45) is 0.0850. The SMILES string of the molecule is COc1ccc(OC)c2c1C(=O)OC2c1coc(CC(C)OC(C)=O)cc1=O. The largest absolute Gasteiger partial charge is 0.496 e. The van der Waals surface area contributed by atoms with E-state index in [1.165, 1.54) is 33.5 Å². The molecule has 1 aliphatic rings. The number of cyclic esters (lactones) is 1. The van der Waals surface area contributed by atoms with Gasteiger partial charge in [-0.05, 0) is 19.1 Å². The van der Waals surface area contributed by atoms with Gasteiger partial charge in [-0.25, -0.2) is 4.79 Å².